The Labute approximate surface area is 333 Å². The highest BCUT2D eigenvalue weighted by Gasteiger charge is 2.20. The molecule has 3 aromatic heterocycles. The smallest absolute Gasteiger partial charge is 0.164 e. The molecule has 4 nitrogen and oxygen atoms in total. The van der Waals surface area contributed by atoms with Gasteiger partial charge in [0.2, 0.25) is 0 Å². The Balaban J connectivity index is 1.10. The molecule has 0 spiro atoms. The van der Waals surface area contributed by atoms with Gasteiger partial charge in [-0.3, -0.25) is 0 Å². The van der Waals surface area contributed by atoms with Gasteiger partial charge in [-0.05, 0) is 76.7 Å². The summed E-state index contributed by atoms with van der Waals surface area (Å²) in [5, 5.41) is 4.49. The third kappa shape index (κ3) is 5.79. The van der Waals surface area contributed by atoms with E-state index in [0.717, 1.165) is 66.3 Å². The molecule has 0 radical (unpaired) electrons. The molecule has 0 saturated carbocycles. The van der Waals surface area contributed by atoms with E-state index >= 15 is 0 Å². The van der Waals surface area contributed by atoms with Crippen LogP contribution in [-0.4, -0.2) is 15.0 Å². The van der Waals surface area contributed by atoms with Crippen LogP contribution < -0.4 is 0 Å². The van der Waals surface area contributed by atoms with Crippen molar-refractivity contribution >= 4 is 53.4 Å². The average Bonchev–Trinajstić information content (AvgIpc) is 3.85. The minimum atomic E-state index is 0.587. The van der Waals surface area contributed by atoms with E-state index in [2.05, 4.69) is 183 Å². The van der Waals surface area contributed by atoms with Crippen molar-refractivity contribution in [2.24, 2.45) is 0 Å². The van der Waals surface area contributed by atoms with Gasteiger partial charge in [0.25, 0.3) is 0 Å². The van der Waals surface area contributed by atoms with Crippen LogP contribution in [0.3, 0.4) is 0 Å². The van der Waals surface area contributed by atoms with Gasteiger partial charge in [0, 0.05) is 47.6 Å². The fraction of sp³-hybridized carbons (Fsp3) is 0.0192. The lowest BCUT2D eigenvalue weighted by Crippen LogP contribution is -2.01. The molecule has 0 atom stereocenters. The largest absolute Gasteiger partial charge is 0.456 e. The highest BCUT2D eigenvalue weighted by atomic mass is 32.1. The first-order valence-corrected chi connectivity index (χ1v) is 19.9. The number of aryl methyl sites for hydroxylation is 1. The van der Waals surface area contributed by atoms with E-state index in [-0.39, 0.29) is 0 Å². The van der Waals surface area contributed by atoms with Gasteiger partial charge in [-0.2, -0.15) is 0 Å². The molecule has 3 heterocycles. The second kappa shape index (κ2) is 13.5. The van der Waals surface area contributed by atoms with Crippen molar-refractivity contribution in [1.29, 1.82) is 0 Å². The van der Waals surface area contributed by atoms with Crippen LogP contribution in [0.4, 0.5) is 0 Å². The Hall–Kier alpha value is -7.21. The predicted molar refractivity (Wildman–Crippen MR) is 237 cm³/mol. The number of thiophene rings is 1. The number of aromatic nitrogens is 3. The average molecular weight is 748 g/mol. The number of hydrogen-bond acceptors (Lipinski definition) is 5. The van der Waals surface area contributed by atoms with E-state index in [1.807, 2.05) is 6.07 Å². The third-order valence-electron chi connectivity index (χ3n) is 10.8. The van der Waals surface area contributed by atoms with E-state index in [4.69, 9.17) is 19.4 Å². The van der Waals surface area contributed by atoms with E-state index in [1.165, 1.54) is 31.5 Å². The minimum absolute atomic E-state index is 0.587. The Morgan fingerprint density at radius 2 is 1.00 bits per heavy atom. The summed E-state index contributed by atoms with van der Waals surface area (Å²) in [5.41, 5.74) is 12.4. The van der Waals surface area contributed by atoms with Crippen molar-refractivity contribution in [3.05, 3.63) is 188 Å². The van der Waals surface area contributed by atoms with E-state index in [9.17, 15) is 0 Å². The van der Waals surface area contributed by atoms with E-state index in [1.54, 1.807) is 11.3 Å². The third-order valence-corrected chi connectivity index (χ3v) is 11.9. The van der Waals surface area contributed by atoms with Crippen molar-refractivity contribution < 1.29 is 4.42 Å². The molecule has 0 bridgehead atoms. The SMILES string of the molecule is Cc1cccc(-c2ccccc2-c2nc(-c3ccc4c(c3)oc3cccc(-c5cccc(-c6ccccc6)c5)c34)nc(-c3cccc4sc5ccccc5c34)n2)c1. The monoisotopic (exact) mass is 747 g/mol. The lowest BCUT2D eigenvalue weighted by Gasteiger charge is -2.13. The first-order chi connectivity index (χ1) is 28.1. The Morgan fingerprint density at radius 1 is 0.368 bits per heavy atom. The van der Waals surface area contributed by atoms with Crippen LogP contribution in [0.5, 0.6) is 0 Å². The van der Waals surface area contributed by atoms with Gasteiger partial charge in [-0.15, -0.1) is 11.3 Å². The number of hydrogen-bond donors (Lipinski definition) is 0. The maximum absolute atomic E-state index is 6.64. The molecule has 268 valence electrons. The van der Waals surface area contributed by atoms with Crippen LogP contribution in [0.15, 0.2) is 186 Å². The van der Waals surface area contributed by atoms with Crippen LogP contribution in [-0.2, 0) is 0 Å². The maximum Gasteiger partial charge on any atom is 0.164 e. The second-order valence-corrected chi connectivity index (χ2v) is 15.5. The summed E-state index contributed by atoms with van der Waals surface area (Å²) in [7, 11) is 0. The van der Waals surface area contributed by atoms with Crippen molar-refractivity contribution in [1.82, 2.24) is 15.0 Å². The standard InChI is InChI=1S/C52H33N3OS/c1-32-13-9-17-35(29-32)38-19-5-6-20-40(38)51-53-50(54-52(55-51)43-23-12-26-47-49(43)42-21-7-8-25-46(42)57-47)37-27-28-41-45(31-37)56-44-24-11-22-39(48(41)44)36-18-10-16-34(30-36)33-14-3-2-4-15-33/h2-31H,1H3. The number of fused-ring (bicyclic) bond motifs is 6. The van der Waals surface area contributed by atoms with E-state index in [0.29, 0.717) is 17.5 Å². The Bertz CT molecular complexity index is 3320. The fourth-order valence-electron chi connectivity index (χ4n) is 8.15. The zero-order valence-corrected chi connectivity index (χ0v) is 31.8. The normalized spacial score (nSPS) is 11.6. The maximum atomic E-state index is 6.64. The highest BCUT2D eigenvalue weighted by molar-refractivity contribution is 7.25. The molecule has 0 saturated heterocycles. The van der Waals surface area contributed by atoms with Crippen LogP contribution in [0.1, 0.15) is 5.56 Å². The summed E-state index contributed by atoms with van der Waals surface area (Å²) in [4.78, 5) is 15.8. The second-order valence-electron chi connectivity index (χ2n) is 14.4. The first kappa shape index (κ1) is 33.2. The summed E-state index contributed by atoms with van der Waals surface area (Å²) in [5.74, 6) is 1.84. The summed E-state index contributed by atoms with van der Waals surface area (Å²) < 4.78 is 9.07. The fourth-order valence-corrected chi connectivity index (χ4v) is 9.28. The van der Waals surface area contributed by atoms with Gasteiger partial charge in [-0.25, -0.2) is 15.0 Å². The molecule has 0 fully saturated rings. The number of rotatable bonds is 6. The molecule has 0 amide bonds. The Kier molecular flexibility index (Phi) is 7.86. The molecule has 5 heteroatoms. The molecule has 57 heavy (non-hydrogen) atoms. The molecule has 8 aromatic carbocycles. The van der Waals surface area contributed by atoms with Crippen LogP contribution >= 0.6 is 11.3 Å². The zero-order valence-electron chi connectivity index (χ0n) is 31.0. The molecule has 0 N–H and O–H groups in total. The molecule has 0 aliphatic heterocycles. The van der Waals surface area contributed by atoms with Crippen LogP contribution in [0.2, 0.25) is 0 Å². The number of nitrogens with zero attached hydrogens (tertiary/aromatic N) is 3. The predicted octanol–water partition coefficient (Wildman–Crippen LogP) is 14.4. The first-order valence-electron chi connectivity index (χ1n) is 19.1. The van der Waals surface area contributed by atoms with Gasteiger partial charge >= 0.3 is 0 Å². The quantitative estimate of drug-likeness (QED) is 0.170. The molecule has 0 unspecified atom stereocenters. The lowest BCUT2D eigenvalue weighted by molar-refractivity contribution is 0.669. The molecular formula is C52H33N3OS. The van der Waals surface area contributed by atoms with Crippen molar-refractivity contribution in [3.8, 4) is 67.5 Å². The molecule has 0 aliphatic rings. The van der Waals surface area contributed by atoms with Crippen molar-refractivity contribution in [2.45, 2.75) is 6.92 Å². The topological polar surface area (TPSA) is 51.8 Å². The highest BCUT2D eigenvalue weighted by Crippen LogP contribution is 2.42. The van der Waals surface area contributed by atoms with Gasteiger partial charge in [0.1, 0.15) is 11.2 Å². The minimum Gasteiger partial charge on any atom is -0.456 e. The summed E-state index contributed by atoms with van der Waals surface area (Å²) in [6.07, 6.45) is 0. The number of furan rings is 1. The summed E-state index contributed by atoms with van der Waals surface area (Å²) >= 11 is 1.79. The van der Waals surface area contributed by atoms with Gasteiger partial charge in [-0.1, -0.05) is 151 Å². The number of benzene rings is 8. The van der Waals surface area contributed by atoms with Crippen LogP contribution in [0.25, 0.3) is 110 Å². The lowest BCUT2D eigenvalue weighted by atomic mass is 9.95. The molecule has 11 rings (SSSR count). The zero-order chi connectivity index (χ0) is 37.9. The van der Waals surface area contributed by atoms with Crippen molar-refractivity contribution in [2.75, 3.05) is 0 Å². The van der Waals surface area contributed by atoms with Crippen molar-refractivity contribution in [3.63, 3.8) is 0 Å². The summed E-state index contributed by atoms with van der Waals surface area (Å²) in [6.45, 7) is 2.12. The molecule has 0 aliphatic carbocycles. The van der Waals surface area contributed by atoms with E-state index < -0.39 is 0 Å². The molecule has 11 aromatic rings. The molecular weight excluding hydrogens is 715 g/mol. The summed E-state index contributed by atoms with van der Waals surface area (Å²) in [6, 6.07) is 63.8. The van der Waals surface area contributed by atoms with Gasteiger partial charge in [0.05, 0.1) is 0 Å². The van der Waals surface area contributed by atoms with Gasteiger partial charge < -0.3 is 4.42 Å². The van der Waals surface area contributed by atoms with Crippen LogP contribution in [0, 0.1) is 6.92 Å². The van der Waals surface area contributed by atoms with Gasteiger partial charge in [0.15, 0.2) is 17.5 Å². The Morgan fingerprint density at radius 3 is 1.88 bits per heavy atom.